The van der Waals surface area contributed by atoms with E-state index in [1.165, 1.54) is 40.3 Å². The van der Waals surface area contributed by atoms with Crippen molar-refractivity contribution in [3.8, 4) is 0 Å². The monoisotopic (exact) mass is 300 g/mol. The molecule has 1 saturated heterocycles. The quantitative estimate of drug-likeness (QED) is 0.771. The molecule has 0 radical (unpaired) electrons. The zero-order valence-electron chi connectivity index (χ0n) is 11.6. The van der Waals surface area contributed by atoms with Gasteiger partial charge in [-0.1, -0.05) is 54.6 Å². The Kier molecular flexibility index (Phi) is 4.95. The summed E-state index contributed by atoms with van der Waals surface area (Å²) < 4.78 is 6.02. The van der Waals surface area contributed by atoms with Crippen LogP contribution in [0, 0.1) is 0 Å². The van der Waals surface area contributed by atoms with Crippen LogP contribution in [0.15, 0.2) is 64.4 Å². The van der Waals surface area contributed by atoms with Gasteiger partial charge < -0.3 is 4.43 Å². The third-order valence-electron chi connectivity index (χ3n) is 3.67. The molecule has 0 aliphatic carbocycles. The molecule has 1 atom stereocenters. The van der Waals surface area contributed by atoms with Crippen LogP contribution in [0.4, 0.5) is 0 Å². The summed E-state index contributed by atoms with van der Waals surface area (Å²) in [5, 5.41) is 0. The van der Waals surface area contributed by atoms with Gasteiger partial charge in [-0.25, -0.2) is 0 Å². The minimum Gasteiger partial charge on any atom is -0.420 e. The Morgan fingerprint density at radius 1 is 0.950 bits per heavy atom. The summed E-state index contributed by atoms with van der Waals surface area (Å²) in [7, 11) is -1.00. The van der Waals surface area contributed by atoms with Gasteiger partial charge in [-0.3, -0.25) is 0 Å². The van der Waals surface area contributed by atoms with Gasteiger partial charge >= 0.3 is 0 Å². The van der Waals surface area contributed by atoms with Gasteiger partial charge in [0.15, 0.2) is 9.04 Å². The van der Waals surface area contributed by atoms with Gasteiger partial charge in [0.05, 0.1) is 0 Å². The second-order valence-corrected chi connectivity index (χ2v) is 8.89. The Labute approximate surface area is 127 Å². The Morgan fingerprint density at radius 2 is 1.75 bits per heavy atom. The maximum atomic E-state index is 6.02. The van der Waals surface area contributed by atoms with Crippen LogP contribution < -0.4 is 0 Å². The van der Waals surface area contributed by atoms with E-state index >= 15 is 0 Å². The van der Waals surface area contributed by atoms with Crippen molar-refractivity contribution in [2.75, 3.05) is 6.61 Å². The standard InChI is InChI=1S/C17H20OSSi/c1-2-9-16(10-3-1)19-17-11-5-4-8-15(17)14-20-13-7-6-12-18-20/h1-5,8-11,20H,6-7,12-14H2. The third kappa shape index (κ3) is 3.75. The predicted molar refractivity (Wildman–Crippen MR) is 87.9 cm³/mol. The largest absolute Gasteiger partial charge is 0.420 e. The van der Waals surface area contributed by atoms with Crippen molar-refractivity contribution < 1.29 is 4.43 Å². The third-order valence-corrected chi connectivity index (χ3v) is 7.45. The first-order valence-corrected chi connectivity index (χ1v) is 10.3. The van der Waals surface area contributed by atoms with Crippen molar-refractivity contribution in [3.05, 3.63) is 60.2 Å². The van der Waals surface area contributed by atoms with Gasteiger partial charge in [0, 0.05) is 16.4 Å². The zero-order chi connectivity index (χ0) is 13.6. The summed E-state index contributed by atoms with van der Waals surface area (Å²) in [6, 6.07) is 21.9. The first-order valence-electron chi connectivity index (χ1n) is 7.34. The summed E-state index contributed by atoms with van der Waals surface area (Å²) >= 11 is 1.87. The number of rotatable bonds is 4. The fraction of sp³-hybridized carbons (Fsp3) is 0.294. The average molecular weight is 300 g/mol. The van der Waals surface area contributed by atoms with Crippen LogP contribution in [0.5, 0.6) is 0 Å². The van der Waals surface area contributed by atoms with E-state index in [1.807, 2.05) is 11.8 Å². The molecule has 0 aromatic heterocycles. The van der Waals surface area contributed by atoms with Crippen LogP contribution in [0.1, 0.15) is 18.4 Å². The molecular weight excluding hydrogens is 280 g/mol. The van der Waals surface area contributed by atoms with E-state index in [4.69, 9.17) is 4.43 Å². The van der Waals surface area contributed by atoms with Crippen molar-refractivity contribution in [1.82, 2.24) is 0 Å². The first-order chi connectivity index (χ1) is 9.92. The minimum absolute atomic E-state index is 0.991. The molecule has 0 bridgehead atoms. The van der Waals surface area contributed by atoms with Gasteiger partial charge in [0.25, 0.3) is 0 Å². The lowest BCUT2D eigenvalue weighted by atomic mass is 10.2. The van der Waals surface area contributed by atoms with Crippen LogP contribution in [-0.4, -0.2) is 15.6 Å². The molecule has 3 heteroatoms. The fourth-order valence-electron chi connectivity index (χ4n) is 2.60. The SMILES string of the molecule is c1ccc(Sc2ccccc2C[SiH]2CCCCO2)cc1. The van der Waals surface area contributed by atoms with E-state index < -0.39 is 9.04 Å². The molecule has 1 unspecified atom stereocenters. The van der Waals surface area contributed by atoms with E-state index in [2.05, 4.69) is 54.6 Å². The van der Waals surface area contributed by atoms with Crippen LogP contribution in [-0.2, 0) is 10.5 Å². The topological polar surface area (TPSA) is 9.23 Å². The minimum atomic E-state index is -1.00. The van der Waals surface area contributed by atoms with Gasteiger partial charge in [-0.15, -0.1) is 0 Å². The molecule has 1 nitrogen and oxygen atoms in total. The highest BCUT2D eigenvalue weighted by molar-refractivity contribution is 7.99. The van der Waals surface area contributed by atoms with Gasteiger partial charge in [0.2, 0.25) is 0 Å². The molecule has 0 amide bonds. The summed E-state index contributed by atoms with van der Waals surface area (Å²) in [5.41, 5.74) is 1.47. The molecule has 1 fully saturated rings. The van der Waals surface area contributed by atoms with Crippen molar-refractivity contribution in [2.24, 2.45) is 0 Å². The van der Waals surface area contributed by atoms with E-state index in [0.29, 0.717) is 0 Å². The molecule has 2 aromatic rings. The molecule has 20 heavy (non-hydrogen) atoms. The fourth-order valence-corrected chi connectivity index (χ4v) is 6.30. The second-order valence-electron chi connectivity index (χ2n) is 5.22. The molecule has 2 aromatic carbocycles. The number of benzene rings is 2. The lowest BCUT2D eigenvalue weighted by Gasteiger charge is -2.22. The Hall–Kier alpha value is -1.03. The maximum Gasteiger partial charge on any atom is 0.181 e. The second kappa shape index (κ2) is 7.11. The lowest BCUT2D eigenvalue weighted by molar-refractivity contribution is 0.286. The normalized spacial score (nSPS) is 18.9. The molecule has 3 rings (SSSR count). The summed E-state index contributed by atoms with van der Waals surface area (Å²) in [4.78, 5) is 2.70. The van der Waals surface area contributed by atoms with Crippen LogP contribution in [0.2, 0.25) is 6.04 Å². The molecule has 1 aliphatic heterocycles. The average Bonchev–Trinajstić information content (AvgIpc) is 2.51. The summed E-state index contributed by atoms with van der Waals surface area (Å²) in [6.45, 7) is 0.991. The highest BCUT2D eigenvalue weighted by Gasteiger charge is 2.18. The molecular formula is C17H20OSSi. The van der Waals surface area contributed by atoms with E-state index in [9.17, 15) is 0 Å². The van der Waals surface area contributed by atoms with Crippen LogP contribution in [0.3, 0.4) is 0 Å². The van der Waals surface area contributed by atoms with E-state index in [0.717, 1.165) is 6.61 Å². The first kappa shape index (κ1) is 13.9. The molecule has 0 spiro atoms. The molecule has 1 heterocycles. The summed E-state index contributed by atoms with van der Waals surface area (Å²) in [6.07, 6.45) is 2.62. The number of hydrogen-bond donors (Lipinski definition) is 0. The Balaban J connectivity index is 1.74. The zero-order valence-corrected chi connectivity index (χ0v) is 13.6. The lowest BCUT2D eigenvalue weighted by Crippen LogP contribution is -2.26. The van der Waals surface area contributed by atoms with Gasteiger partial charge in [-0.05, 0) is 42.3 Å². The maximum absolute atomic E-state index is 6.02. The van der Waals surface area contributed by atoms with Crippen molar-refractivity contribution in [2.45, 2.75) is 34.7 Å². The Bertz CT molecular complexity index is 538. The summed E-state index contributed by atoms with van der Waals surface area (Å²) in [5.74, 6) is 0. The van der Waals surface area contributed by atoms with Crippen molar-refractivity contribution in [3.63, 3.8) is 0 Å². The van der Waals surface area contributed by atoms with Gasteiger partial charge in [-0.2, -0.15) is 0 Å². The van der Waals surface area contributed by atoms with E-state index in [-0.39, 0.29) is 0 Å². The molecule has 104 valence electrons. The number of hydrogen-bond acceptors (Lipinski definition) is 2. The molecule has 0 N–H and O–H groups in total. The van der Waals surface area contributed by atoms with Crippen molar-refractivity contribution in [1.29, 1.82) is 0 Å². The van der Waals surface area contributed by atoms with Crippen molar-refractivity contribution >= 4 is 20.8 Å². The van der Waals surface area contributed by atoms with Crippen LogP contribution in [0.25, 0.3) is 0 Å². The smallest absolute Gasteiger partial charge is 0.181 e. The van der Waals surface area contributed by atoms with E-state index in [1.54, 1.807) is 0 Å². The highest BCUT2D eigenvalue weighted by atomic mass is 32.2. The molecule has 1 aliphatic rings. The predicted octanol–water partition coefficient (Wildman–Crippen LogP) is 4.45. The van der Waals surface area contributed by atoms with Crippen LogP contribution >= 0.6 is 11.8 Å². The Morgan fingerprint density at radius 3 is 2.55 bits per heavy atom. The van der Waals surface area contributed by atoms with Gasteiger partial charge in [0.1, 0.15) is 0 Å². The highest BCUT2D eigenvalue weighted by Crippen LogP contribution is 2.31. The molecule has 0 saturated carbocycles.